The molecule has 1 amide bonds. The van der Waals surface area contributed by atoms with Crippen molar-refractivity contribution in [3.8, 4) is 11.1 Å². The second kappa shape index (κ2) is 16.7. The average Bonchev–Trinajstić information content (AvgIpc) is 3.31. The first-order valence-electron chi connectivity index (χ1n) is 27.4. The fraction of sp³-hybridized carbons (Fsp3) is 0.317. The molecule has 0 atom stereocenters. The second-order valence-corrected chi connectivity index (χ2v) is 12.0. The number of fused-ring (bicyclic) bond motifs is 1. The van der Waals surface area contributed by atoms with Crippen LogP contribution in [0.5, 0.6) is 0 Å². The van der Waals surface area contributed by atoms with Crippen LogP contribution in [0.15, 0.2) is 100 Å². The Balaban J connectivity index is 1.67. The van der Waals surface area contributed by atoms with Crippen LogP contribution in [0.1, 0.15) is 68.0 Å². The molecule has 1 saturated heterocycles. The zero-order valence-electron chi connectivity index (χ0n) is 51.2. The van der Waals surface area contributed by atoms with Gasteiger partial charge in [0.15, 0.2) is 17.1 Å². The summed E-state index contributed by atoms with van der Waals surface area (Å²) >= 11 is -0.583. The fourth-order valence-corrected chi connectivity index (χ4v) is 5.80. The van der Waals surface area contributed by atoms with Gasteiger partial charge in [0.25, 0.3) is 0 Å². The number of rotatable bonds is 12. The van der Waals surface area contributed by atoms with E-state index in [2.05, 4.69) is 0 Å². The van der Waals surface area contributed by atoms with Crippen molar-refractivity contribution in [1.29, 1.82) is 0 Å². The summed E-state index contributed by atoms with van der Waals surface area (Å²) in [5.74, 6) is -6.56. The predicted octanol–water partition coefficient (Wildman–Crippen LogP) is 8.71. The number of amides is 1. The summed E-state index contributed by atoms with van der Waals surface area (Å²) in [4.78, 5) is 31.4. The lowest BCUT2D eigenvalue weighted by molar-refractivity contribution is -0.137. The molecule has 2 heterocycles. The molecular weight excluding hydrogens is 710 g/mol. The summed E-state index contributed by atoms with van der Waals surface area (Å²) in [6.45, 7) is -7.92. The summed E-state index contributed by atoms with van der Waals surface area (Å²) in [5, 5.41) is -2.49. The number of methoxy groups -OCH3 is 1. The molecule has 6 rings (SSSR count). The molecule has 0 saturated carbocycles. The third-order valence-electron chi connectivity index (χ3n) is 7.69. The van der Waals surface area contributed by atoms with Crippen LogP contribution in [0.2, 0.25) is 0 Å². The molecule has 0 bridgehead atoms. The number of alkyl halides is 3. The predicted molar refractivity (Wildman–Crippen MR) is 198 cm³/mol. The van der Waals surface area contributed by atoms with Crippen molar-refractivity contribution in [2.24, 2.45) is 0 Å². The molecule has 1 aliphatic rings. The molecule has 1 fully saturated rings. The Hall–Kier alpha value is -4.52. The number of carbonyl (C=O) groups excluding carboxylic acids is 1. The number of ether oxygens (including phenoxy) is 1. The zero-order valence-corrected chi connectivity index (χ0v) is 28.0. The van der Waals surface area contributed by atoms with Crippen molar-refractivity contribution in [2.45, 2.75) is 55.7 Å². The first kappa shape index (κ1) is 18.2. The van der Waals surface area contributed by atoms with E-state index in [1.807, 2.05) is 0 Å². The number of thioether (sulfide) groups is 1. The van der Waals surface area contributed by atoms with Gasteiger partial charge in [-0.25, -0.2) is 8.78 Å². The minimum Gasteiger partial charge on any atom is -0.383 e. The molecule has 1 aliphatic heterocycles. The standard InChI is InChI=1S/C41H40F5N3O3S/c1-27-6-15-36-34(22-27)37(50)23-39(53-26-31-4-3-5-35(42)40(31)43)49(36)25-38(51)48(33-16-18-47(19-17-33)20-21-52-2)24-28-7-9-29(10-8-28)30-11-13-32(14-12-30)41(44,45)46/h3-15,22-23,33H,16-21,24-26H2,1-2H3/i2D3,3D,4D,5D,6D,7D,8D,9D,10D,11D,12D,13D,14D,15D,22D,23D,24D2,25D2,26D2. The third-order valence-corrected chi connectivity index (χ3v) is 8.47. The number of aromatic nitrogens is 1. The van der Waals surface area contributed by atoms with Crippen molar-refractivity contribution in [3.63, 3.8) is 0 Å². The third kappa shape index (κ3) is 9.17. The number of carbonyl (C=O) groups is 1. The maximum Gasteiger partial charge on any atom is 0.416 e. The molecule has 6 nitrogen and oxygen atoms in total. The van der Waals surface area contributed by atoms with Crippen LogP contribution < -0.4 is 5.43 Å². The van der Waals surface area contributed by atoms with E-state index in [0.717, 1.165) is 6.92 Å². The van der Waals surface area contributed by atoms with Crippen LogP contribution in [0.3, 0.4) is 0 Å². The lowest BCUT2D eigenvalue weighted by Gasteiger charge is -2.39. The van der Waals surface area contributed by atoms with Crippen LogP contribution >= 0.6 is 11.8 Å². The smallest absolute Gasteiger partial charge is 0.383 e. The van der Waals surface area contributed by atoms with Gasteiger partial charge in [-0.1, -0.05) is 59.9 Å². The molecule has 4 aromatic carbocycles. The maximum atomic E-state index is 15.6. The van der Waals surface area contributed by atoms with Gasteiger partial charge < -0.3 is 19.1 Å². The highest BCUT2D eigenvalue weighted by atomic mass is 32.2. The first-order valence-corrected chi connectivity index (χ1v) is 16.2. The molecular formula is C41H40F5N3O3S. The number of piperidine rings is 1. The van der Waals surface area contributed by atoms with Gasteiger partial charge in [0.2, 0.25) is 5.91 Å². The van der Waals surface area contributed by atoms with Gasteiger partial charge in [-0.05, 0) is 66.7 Å². The van der Waals surface area contributed by atoms with E-state index in [4.69, 9.17) is 32.2 Å². The Morgan fingerprint density at radius 1 is 1.00 bits per heavy atom. The number of benzene rings is 4. The topological polar surface area (TPSA) is 54.8 Å². The summed E-state index contributed by atoms with van der Waals surface area (Å²) in [7, 11) is -2.83. The number of hydrogen-bond acceptors (Lipinski definition) is 5. The molecule has 0 unspecified atom stereocenters. The molecule has 0 radical (unpaired) electrons. The van der Waals surface area contributed by atoms with Crippen LogP contribution in [-0.4, -0.2) is 59.6 Å². The van der Waals surface area contributed by atoms with Gasteiger partial charge in [0.05, 0.1) is 52.9 Å². The summed E-state index contributed by atoms with van der Waals surface area (Å²) in [6.07, 6.45) is -6.34. The molecule has 0 aliphatic carbocycles. The average molecular weight is 774 g/mol. The first-order chi connectivity index (χ1) is 35.1. The van der Waals surface area contributed by atoms with E-state index in [0.29, 0.717) is 0 Å². The van der Waals surface area contributed by atoms with E-state index in [1.165, 1.54) is 0 Å². The van der Waals surface area contributed by atoms with Gasteiger partial charge in [-0.15, -0.1) is 11.8 Å². The van der Waals surface area contributed by atoms with Crippen molar-refractivity contribution in [2.75, 3.05) is 33.3 Å². The molecule has 12 heteroatoms. The van der Waals surface area contributed by atoms with E-state index < -0.39 is 232 Å². The quantitative estimate of drug-likeness (QED) is 0.0939. The lowest BCUT2D eigenvalue weighted by Crippen LogP contribution is -2.48. The van der Waals surface area contributed by atoms with Crippen LogP contribution in [0.4, 0.5) is 22.0 Å². The van der Waals surface area contributed by atoms with E-state index in [9.17, 15) is 27.8 Å². The van der Waals surface area contributed by atoms with Gasteiger partial charge in [0, 0.05) is 64.6 Å². The molecule has 1 aromatic heterocycles. The number of likely N-dealkylation sites (tertiary alicyclic amines) is 1. The number of pyridine rings is 1. The SMILES string of the molecule is [2H]c1c([2H])c(F)c(F)c(C([2H])([2H])Sc2c([2H])c(=O)c3c([2H])c(C)c([2H])c([2H])c3n2C([2H])([2H])C(=O)N(C2CCN(CCOC([2H])([2H])[2H])CC2)C([2H])([2H])c2c([2H])c([2H])c(-c3c([2H])c([2H])c(C(F)(F)F)c([2H])c3[2H])c([2H])c2[2H])c1[2H]. The Morgan fingerprint density at radius 3 is 2.38 bits per heavy atom. The Morgan fingerprint density at radius 2 is 1.70 bits per heavy atom. The van der Waals surface area contributed by atoms with Crippen molar-refractivity contribution in [1.82, 2.24) is 14.4 Å². The highest BCUT2D eigenvalue weighted by molar-refractivity contribution is 7.98. The highest BCUT2D eigenvalue weighted by Crippen LogP contribution is 2.32. The van der Waals surface area contributed by atoms with Crippen molar-refractivity contribution < 1.29 is 64.4 Å². The lowest BCUT2D eigenvalue weighted by atomic mass is 10.00. The van der Waals surface area contributed by atoms with E-state index >= 15 is 9.18 Å². The summed E-state index contributed by atoms with van der Waals surface area (Å²) in [5.41, 5.74) is -14.5. The second-order valence-electron chi connectivity index (χ2n) is 11.2. The van der Waals surface area contributed by atoms with Gasteiger partial charge in [0.1, 0.15) is 6.50 Å². The number of nitrogens with zero attached hydrogens (tertiary/aromatic N) is 3. The highest BCUT2D eigenvalue weighted by Gasteiger charge is 2.31. The normalized spacial score (nSPS) is 21.7. The van der Waals surface area contributed by atoms with Crippen molar-refractivity contribution in [3.05, 3.63) is 135 Å². The molecule has 53 heavy (non-hydrogen) atoms. The largest absolute Gasteiger partial charge is 0.416 e. The van der Waals surface area contributed by atoms with Crippen LogP contribution in [0, 0.1) is 18.6 Å². The molecule has 0 N–H and O–H groups in total. The van der Waals surface area contributed by atoms with Crippen molar-refractivity contribution >= 4 is 28.6 Å². The molecule has 278 valence electrons. The number of hydrogen-bond donors (Lipinski definition) is 0. The van der Waals surface area contributed by atoms with E-state index in [-0.39, 0.29) is 29.1 Å². The minimum absolute atomic E-state index is 0.0506. The maximum absolute atomic E-state index is 15.6. The Labute approximate surface area is 342 Å². The fourth-order valence-electron chi connectivity index (χ4n) is 5.08. The van der Waals surface area contributed by atoms with Crippen LogP contribution in [-0.2, 0) is 34.4 Å². The monoisotopic (exact) mass is 773 g/mol. The van der Waals surface area contributed by atoms with Gasteiger partial charge in [-0.2, -0.15) is 13.2 Å². The van der Waals surface area contributed by atoms with Gasteiger partial charge in [-0.3, -0.25) is 9.59 Å². The minimum atomic E-state index is -5.47. The Kier molecular flexibility index (Phi) is 5.72. The summed E-state index contributed by atoms with van der Waals surface area (Å²) < 4.78 is 283. The van der Waals surface area contributed by atoms with E-state index in [1.54, 1.807) is 4.90 Å². The number of halogens is 5. The Bertz CT molecular complexity index is 3260. The van der Waals surface area contributed by atoms with Gasteiger partial charge >= 0.3 is 6.18 Å². The molecule has 5 aromatic rings. The summed E-state index contributed by atoms with van der Waals surface area (Å²) in [6, 6.07) is -22.8. The van der Waals surface area contributed by atoms with Crippen LogP contribution in [0.25, 0.3) is 22.0 Å². The zero-order chi connectivity index (χ0) is 58.6. The molecule has 0 spiro atoms.